The Labute approximate surface area is 133 Å². The molecule has 23 heavy (non-hydrogen) atoms. The van der Waals surface area contributed by atoms with Gasteiger partial charge in [0.15, 0.2) is 0 Å². The van der Waals surface area contributed by atoms with Crippen LogP contribution >= 0.6 is 0 Å². The van der Waals surface area contributed by atoms with Gasteiger partial charge in [-0.3, -0.25) is 9.48 Å². The predicted molar refractivity (Wildman–Crippen MR) is 88.0 cm³/mol. The topological polar surface area (TPSA) is 62.7 Å². The molecule has 2 N–H and O–H groups in total. The van der Waals surface area contributed by atoms with Crippen LogP contribution < -0.4 is 5.32 Å². The average Bonchev–Trinajstić information content (AvgIpc) is 2.91. The van der Waals surface area contributed by atoms with Crippen LogP contribution in [0.2, 0.25) is 0 Å². The van der Waals surface area contributed by atoms with E-state index in [-0.39, 0.29) is 18.1 Å². The van der Waals surface area contributed by atoms with Gasteiger partial charge in [-0.25, -0.2) is 4.39 Å². The number of aromatic amines is 1. The molecule has 0 unspecified atom stereocenters. The minimum Gasteiger partial charge on any atom is -0.358 e. The van der Waals surface area contributed by atoms with Crippen molar-refractivity contribution in [1.29, 1.82) is 0 Å². The van der Waals surface area contributed by atoms with Gasteiger partial charge in [-0.1, -0.05) is 0 Å². The first kappa shape index (κ1) is 15.3. The first-order valence-electron chi connectivity index (χ1n) is 7.43. The van der Waals surface area contributed by atoms with Crippen molar-refractivity contribution in [2.75, 3.05) is 5.32 Å². The number of nitrogens with zero attached hydrogens (tertiary/aromatic N) is 2. The lowest BCUT2D eigenvalue weighted by atomic mass is 10.1. The van der Waals surface area contributed by atoms with Gasteiger partial charge in [-0.2, -0.15) is 5.10 Å². The summed E-state index contributed by atoms with van der Waals surface area (Å²) in [5.74, 6) is -0.449. The zero-order chi connectivity index (χ0) is 16.7. The highest BCUT2D eigenvalue weighted by Crippen LogP contribution is 2.24. The molecule has 0 aliphatic heterocycles. The summed E-state index contributed by atoms with van der Waals surface area (Å²) >= 11 is 0. The van der Waals surface area contributed by atoms with Crippen LogP contribution in [0, 0.1) is 26.6 Å². The third kappa shape index (κ3) is 2.72. The molecular formula is C17H19FN4O. The maximum atomic E-state index is 13.5. The van der Waals surface area contributed by atoms with Crippen molar-refractivity contribution in [3.05, 3.63) is 46.7 Å². The normalized spacial score (nSPS) is 11.2. The second-order valence-electron chi connectivity index (χ2n) is 5.81. The minimum atomic E-state index is -0.308. The number of carbonyl (C=O) groups is 1. The summed E-state index contributed by atoms with van der Waals surface area (Å²) in [6, 6.07) is 4.56. The fraction of sp³-hybridized carbons (Fsp3) is 0.294. The number of amides is 1. The third-order valence-corrected chi connectivity index (χ3v) is 4.19. The smallest absolute Gasteiger partial charge is 0.228 e. The molecule has 0 saturated carbocycles. The van der Waals surface area contributed by atoms with E-state index in [1.54, 1.807) is 10.7 Å². The van der Waals surface area contributed by atoms with Crippen LogP contribution in [-0.2, 0) is 18.3 Å². The Balaban J connectivity index is 1.88. The first-order chi connectivity index (χ1) is 10.9. The van der Waals surface area contributed by atoms with E-state index in [9.17, 15) is 9.18 Å². The molecule has 2 aromatic heterocycles. The van der Waals surface area contributed by atoms with Gasteiger partial charge < -0.3 is 10.3 Å². The Hall–Kier alpha value is -2.63. The molecule has 0 aliphatic carbocycles. The van der Waals surface area contributed by atoms with Gasteiger partial charge in [-0.15, -0.1) is 0 Å². The number of aromatic nitrogens is 3. The molecule has 0 spiro atoms. The Bertz CT molecular complexity index is 907. The summed E-state index contributed by atoms with van der Waals surface area (Å²) in [4.78, 5) is 15.6. The predicted octanol–water partition coefficient (Wildman–Crippen LogP) is 3.15. The summed E-state index contributed by atoms with van der Waals surface area (Å²) in [6.45, 7) is 5.65. The number of benzene rings is 1. The SMILES string of the molecule is Cc1nn(C)c(C)c1NC(=O)Cc1c(C)[nH]c2ccc(F)cc12. The zero-order valence-electron chi connectivity index (χ0n) is 13.6. The monoisotopic (exact) mass is 314 g/mol. The quantitative estimate of drug-likeness (QED) is 0.780. The van der Waals surface area contributed by atoms with Crippen molar-refractivity contribution in [2.24, 2.45) is 7.05 Å². The van der Waals surface area contributed by atoms with Crippen molar-refractivity contribution < 1.29 is 9.18 Å². The van der Waals surface area contributed by atoms with E-state index in [1.807, 2.05) is 27.8 Å². The molecule has 0 atom stereocenters. The van der Waals surface area contributed by atoms with Crippen molar-refractivity contribution in [1.82, 2.24) is 14.8 Å². The van der Waals surface area contributed by atoms with Crippen LogP contribution in [0.1, 0.15) is 22.6 Å². The molecular weight excluding hydrogens is 295 g/mol. The number of fused-ring (bicyclic) bond motifs is 1. The van der Waals surface area contributed by atoms with Crippen LogP contribution in [0.3, 0.4) is 0 Å². The number of carbonyl (C=O) groups excluding carboxylic acids is 1. The maximum Gasteiger partial charge on any atom is 0.228 e. The van der Waals surface area contributed by atoms with Gasteiger partial charge in [0.2, 0.25) is 5.91 Å². The molecule has 0 aliphatic rings. The number of hydrogen-bond acceptors (Lipinski definition) is 2. The van der Waals surface area contributed by atoms with Gasteiger partial charge in [-0.05, 0) is 44.5 Å². The summed E-state index contributed by atoms with van der Waals surface area (Å²) in [6.07, 6.45) is 0.184. The molecule has 5 nitrogen and oxygen atoms in total. The molecule has 0 radical (unpaired) electrons. The number of aryl methyl sites for hydroxylation is 3. The van der Waals surface area contributed by atoms with E-state index in [0.717, 1.165) is 39.2 Å². The van der Waals surface area contributed by atoms with Crippen molar-refractivity contribution in [3.8, 4) is 0 Å². The number of hydrogen-bond donors (Lipinski definition) is 2. The van der Waals surface area contributed by atoms with E-state index >= 15 is 0 Å². The Kier molecular flexibility index (Phi) is 3.67. The zero-order valence-corrected chi connectivity index (χ0v) is 13.6. The average molecular weight is 314 g/mol. The molecule has 0 fully saturated rings. The summed E-state index contributed by atoms with van der Waals surface area (Å²) in [7, 11) is 1.84. The number of rotatable bonds is 3. The standard InChI is InChI=1S/C17H19FN4O/c1-9-13(14-7-12(18)5-6-15(14)19-9)8-16(23)20-17-10(2)21-22(4)11(17)3/h5-7,19H,8H2,1-4H3,(H,20,23). The molecule has 1 aromatic carbocycles. The van der Waals surface area contributed by atoms with E-state index in [2.05, 4.69) is 15.4 Å². The van der Waals surface area contributed by atoms with E-state index in [4.69, 9.17) is 0 Å². The second kappa shape index (κ2) is 5.53. The largest absolute Gasteiger partial charge is 0.358 e. The van der Waals surface area contributed by atoms with Crippen LogP contribution in [0.25, 0.3) is 10.9 Å². The highest BCUT2D eigenvalue weighted by Gasteiger charge is 2.16. The van der Waals surface area contributed by atoms with Crippen LogP contribution in [-0.4, -0.2) is 20.7 Å². The minimum absolute atomic E-state index is 0.141. The lowest BCUT2D eigenvalue weighted by Crippen LogP contribution is -2.16. The van der Waals surface area contributed by atoms with Gasteiger partial charge in [0.25, 0.3) is 0 Å². The highest BCUT2D eigenvalue weighted by atomic mass is 19.1. The fourth-order valence-electron chi connectivity index (χ4n) is 2.88. The third-order valence-electron chi connectivity index (χ3n) is 4.19. The fourth-order valence-corrected chi connectivity index (χ4v) is 2.88. The first-order valence-corrected chi connectivity index (χ1v) is 7.43. The molecule has 6 heteroatoms. The lowest BCUT2D eigenvalue weighted by molar-refractivity contribution is -0.115. The molecule has 3 aromatic rings. The van der Waals surface area contributed by atoms with Gasteiger partial charge >= 0.3 is 0 Å². The number of anilines is 1. The van der Waals surface area contributed by atoms with Gasteiger partial charge in [0, 0.05) is 23.6 Å². The van der Waals surface area contributed by atoms with Crippen molar-refractivity contribution >= 4 is 22.5 Å². The lowest BCUT2D eigenvalue weighted by Gasteiger charge is -2.06. The number of H-pyrrole nitrogens is 1. The number of nitrogens with one attached hydrogen (secondary N) is 2. The van der Waals surface area contributed by atoms with Crippen molar-refractivity contribution in [2.45, 2.75) is 27.2 Å². The molecule has 120 valence electrons. The van der Waals surface area contributed by atoms with E-state index < -0.39 is 0 Å². The summed E-state index contributed by atoms with van der Waals surface area (Å²) in [5, 5.41) is 7.95. The second-order valence-corrected chi connectivity index (χ2v) is 5.81. The molecule has 0 bridgehead atoms. The molecule has 0 saturated heterocycles. The molecule has 1 amide bonds. The Morgan fingerprint density at radius 3 is 2.74 bits per heavy atom. The number of halogens is 1. The van der Waals surface area contributed by atoms with Gasteiger partial charge in [0.1, 0.15) is 5.82 Å². The van der Waals surface area contributed by atoms with Crippen LogP contribution in [0.15, 0.2) is 18.2 Å². The maximum absolute atomic E-state index is 13.5. The molecule has 3 rings (SSSR count). The summed E-state index contributed by atoms with van der Waals surface area (Å²) < 4.78 is 15.2. The Morgan fingerprint density at radius 2 is 2.09 bits per heavy atom. The molecule has 2 heterocycles. The van der Waals surface area contributed by atoms with E-state index in [1.165, 1.54) is 12.1 Å². The summed E-state index contributed by atoms with van der Waals surface area (Å²) in [5.41, 5.74) is 4.94. The van der Waals surface area contributed by atoms with Crippen LogP contribution in [0.4, 0.5) is 10.1 Å². The van der Waals surface area contributed by atoms with Gasteiger partial charge in [0.05, 0.1) is 23.5 Å². The van der Waals surface area contributed by atoms with E-state index in [0.29, 0.717) is 0 Å². The highest BCUT2D eigenvalue weighted by molar-refractivity contribution is 5.97. The van der Waals surface area contributed by atoms with Crippen molar-refractivity contribution in [3.63, 3.8) is 0 Å². The van der Waals surface area contributed by atoms with Crippen LogP contribution in [0.5, 0.6) is 0 Å². The Morgan fingerprint density at radius 1 is 1.35 bits per heavy atom.